The van der Waals surface area contributed by atoms with E-state index in [0.29, 0.717) is 12.3 Å². The maximum atomic E-state index is 11.0. The van der Waals surface area contributed by atoms with Crippen LogP contribution in [0.5, 0.6) is 0 Å². The summed E-state index contributed by atoms with van der Waals surface area (Å²) in [7, 11) is 0. The van der Waals surface area contributed by atoms with Crippen LogP contribution in [0.15, 0.2) is 28.7 Å². The van der Waals surface area contributed by atoms with E-state index in [1.54, 1.807) is 0 Å². The summed E-state index contributed by atoms with van der Waals surface area (Å²) in [5.41, 5.74) is 1.22. The molecule has 0 spiro atoms. The molecule has 0 aromatic heterocycles. The van der Waals surface area contributed by atoms with E-state index in [4.69, 9.17) is 0 Å². The molecule has 1 atom stereocenters. The summed E-state index contributed by atoms with van der Waals surface area (Å²) in [4.78, 5) is 11.0. The Labute approximate surface area is 85.5 Å². The fourth-order valence-corrected chi connectivity index (χ4v) is 2.24. The number of hydrogen-bond donors (Lipinski definition) is 1. The monoisotopic (exact) mass is 239 g/mol. The third kappa shape index (κ3) is 1.75. The molecule has 1 aromatic carbocycles. The third-order valence-corrected chi connectivity index (χ3v) is 3.04. The summed E-state index contributed by atoms with van der Waals surface area (Å²) in [6, 6.07) is 8.06. The van der Waals surface area contributed by atoms with Crippen LogP contribution in [0, 0.1) is 0 Å². The van der Waals surface area contributed by atoms with Crippen molar-refractivity contribution in [2.24, 2.45) is 0 Å². The molecule has 1 fully saturated rings. The van der Waals surface area contributed by atoms with Crippen molar-refractivity contribution in [2.45, 2.75) is 12.3 Å². The van der Waals surface area contributed by atoms with Gasteiger partial charge in [0.1, 0.15) is 0 Å². The van der Waals surface area contributed by atoms with Crippen LogP contribution in [0.25, 0.3) is 0 Å². The van der Waals surface area contributed by atoms with Crippen molar-refractivity contribution in [3.63, 3.8) is 0 Å². The lowest BCUT2D eigenvalue weighted by molar-refractivity contribution is -0.119. The van der Waals surface area contributed by atoms with Gasteiger partial charge in [-0.2, -0.15) is 0 Å². The fourth-order valence-electron chi connectivity index (χ4n) is 1.63. The first kappa shape index (κ1) is 8.75. The van der Waals surface area contributed by atoms with Crippen molar-refractivity contribution in [2.75, 3.05) is 6.54 Å². The van der Waals surface area contributed by atoms with Gasteiger partial charge in [-0.05, 0) is 11.6 Å². The van der Waals surface area contributed by atoms with E-state index in [1.165, 1.54) is 5.56 Å². The molecule has 0 bridgehead atoms. The van der Waals surface area contributed by atoms with Crippen LogP contribution in [-0.4, -0.2) is 12.5 Å². The number of carbonyl (C=O) groups excluding carboxylic acids is 1. The number of halogens is 1. The number of rotatable bonds is 1. The highest BCUT2D eigenvalue weighted by molar-refractivity contribution is 9.10. The van der Waals surface area contributed by atoms with E-state index in [2.05, 4.69) is 27.3 Å². The molecule has 1 aliphatic heterocycles. The van der Waals surface area contributed by atoms with Gasteiger partial charge in [0.15, 0.2) is 0 Å². The molecular formula is C10H10BrNO. The second-order valence-electron chi connectivity index (χ2n) is 3.23. The van der Waals surface area contributed by atoms with Gasteiger partial charge in [-0.1, -0.05) is 34.1 Å². The van der Waals surface area contributed by atoms with E-state index in [1.807, 2.05) is 18.2 Å². The Morgan fingerprint density at radius 2 is 2.15 bits per heavy atom. The zero-order valence-electron chi connectivity index (χ0n) is 7.09. The van der Waals surface area contributed by atoms with E-state index in [9.17, 15) is 4.79 Å². The predicted molar refractivity (Wildman–Crippen MR) is 54.5 cm³/mol. The number of nitrogens with one attached hydrogen (secondary N) is 1. The molecule has 0 aliphatic carbocycles. The van der Waals surface area contributed by atoms with Gasteiger partial charge in [0.25, 0.3) is 0 Å². The fraction of sp³-hybridized carbons (Fsp3) is 0.300. The van der Waals surface area contributed by atoms with Gasteiger partial charge in [0.2, 0.25) is 5.91 Å². The maximum absolute atomic E-state index is 11.0. The first-order valence-corrected chi connectivity index (χ1v) is 5.08. The number of benzene rings is 1. The Kier molecular flexibility index (Phi) is 2.36. The molecule has 1 heterocycles. The van der Waals surface area contributed by atoms with Gasteiger partial charge in [-0.15, -0.1) is 0 Å². The van der Waals surface area contributed by atoms with Crippen molar-refractivity contribution < 1.29 is 4.79 Å². The van der Waals surface area contributed by atoms with Crippen molar-refractivity contribution in [1.29, 1.82) is 0 Å². The molecule has 0 radical (unpaired) electrons. The lowest BCUT2D eigenvalue weighted by atomic mass is 9.99. The van der Waals surface area contributed by atoms with Crippen molar-refractivity contribution in [1.82, 2.24) is 5.32 Å². The van der Waals surface area contributed by atoms with Crippen LogP contribution in [-0.2, 0) is 4.79 Å². The third-order valence-electron chi connectivity index (χ3n) is 2.32. The summed E-state index contributed by atoms with van der Waals surface area (Å²) in [5, 5.41) is 2.84. The molecule has 2 rings (SSSR count). The molecule has 1 amide bonds. The number of carbonyl (C=O) groups is 1. The highest BCUT2D eigenvalue weighted by atomic mass is 79.9. The molecule has 1 N–H and O–H groups in total. The first-order valence-electron chi connectivity index (χ1n) is 4.28. The van der Waals surface area contributed by atoms with Gasteiger partial charge >= 0.3 is 0 Å². The minimum absolute atomic E-state index is 0.153. The van der Waals surface area contributed by atoms with Crippen molar-refractivity contribution in [3.05, 3.63) is 34.3 Å². The van der Waals surface area contributed by atoms with Gasteiger partial charge in [-0.25, -0.2) is 0 Å². The molecule has 1 aromatic rings. The summed E-state index contributed by atoms with van der Waals surface area (Å²) in [5.74, 6) is 0.490. The smallest absolute Gasteiger partial charge is 0.220 e. The Morgan fingerprint density at radius 3 is 2.77 bits per heavy atom. The molecule has 0 saturated carbocycles. The van der Waals surface area contributed by atoms with Crippen molar-refractivity contribution >= 4 is 21.8 Å². The molecule has 0 unspecified atom stereocenters. The number of amides is 1. The lowest BCUT2D eigenvalue weighted by Gasteiger charge is -2.09. The highest BCUT2D eigenvalue weighted by Gasteiger charge is 2.23. The minimum Gasteiger partial charge on any atom is -0.355 e. The Hall–Kier alpha value is -0.830. The normalized spacial score (nSPS) is 21.6. The summed E-state index contributed by atoms with van der Waals surface area (Å²) >= 11 is 3.49. The molecule has 2 nitrogen and oxygen atoms in total. The molecular weight excluding hydrogens is 230 g/mol. The SMILES string of the molecule is O=C1C[C@@H](c2ccccc2Br)CN1. The second-order valence-corrected chi connectivity index (χ2v) is 4.08. The van der Waals surface area contributed by atoms with Gasteiger partial charge in [0.05, 0.1) is 0 Å². The van der Waals surface area contributed by atoms with Gasteiger partial charge in [0, 0.05) is 23.4 Å². The topological polar surface area (TPSA) is 29.1 Å². The van der Waals surface area contributed by atoms with Gasteiger partial charge < -0.3 is 5.32 Å². The second kappa shape index (κ2) is 3.50. The van der Waals surface area contributed by atoms with Crippen LogP contribution in [0.4, 0.5) is 0 Å². The van der Waals surface area contributed by atoms with Crippen molar-refractivity contribution in [3.8, 4) is 0 Å². The molecule has 68 valence electrons. The molecule has 3 heteroatoms. The molecule has 13 heavy (non-hydrogen) atoms. The standard InChI is InChI=1S/C10H10BrNO/c11-9-4-2-1-3-8(9)7-5-10(13)12-6-7/h1-4,7H,5-6H2,(H,12,13)/t7-/m1/s1. The largest absolute Gasteiger partial charge is 0.355 e. The minimum atomic E-state index is 0.153. The highest BCUT2D eigenvalue weighted by Crippen LogP contribution is 2.28. The first-order chi connectivity index (χ1) is 6.27. The van der Waals surface area contributed by atoms with Crippen LogP contribution >= 0.6 is 15.9 Å². The average molecular weight is 240 g/mol. The van der Waals surface area contributed by atoms with Crippen LogP contribution < -0.4 is 5.32 Å². The van der Waals surface area contributed by atoms with Crippen LogP contribution in [0.3, 0.4) is 0 Å². The summed E-state index contributed by atoms with van der Waals surface area (Å²) in [6.07, 6.45) is 0.614. The lowest BCUT2D eigenvalue weighted by Crippen LogP contribution is -2.13. The Bertz CT molecular complexity index is 337. The Morgan fingerprint density at radius 1 is 1.38 bits per heavy atom. The van der Waals surface area contributed by atoms with E-state index >= 15 is 0 Å². The molecule has 1 saturated heterocycles. The summed E-state index contributed by atoms with van der Waals surface area (Å²) < 4.78 is 1.09. The van der Waals surface area contributed by atoms with Gasteiger partial charge in [-0.3, -0.25) is 4.79 Å². The summed E-state index contributed by atoms with van der Waals surface area (Å²) in [6.45, 7) is 0.765. The van der Waals surface area contributed by atoms with Crippen LogP contribution in [0.1, 0.15) is 17.9 Å². The quantitative estimate of drug-likeness (QED) is 0.799. The predicted octanol–water partition coefficient (Wildman–Crippen LogP) is 2.05. The average Bonchev–Trinajstić information content (AvgIpc) is 2.53. The maximum Gasteiger partial charge on any atom is 0.220 e. The molecule has 1 aliphatic rings. The van der Waals surface area contributed by atoms with E-state index < -0.39 is 0 Å². The zero-order chi connectivity index (χ0) is 9.26. The number of hydrogen-bond acceptors (Lipinski definition) is 1. The van der Waals surface area contributed by atoms with E-state index in [-0.39, 0.29) is 5.91 Å². The van der Waals surface area contributed by atoms with E-state index in [0.717, 1.165) is 11.0 Å². The Balaban J connectivity index is 2.26. The zero-order valence-corrected chi connectivity index (χ0v) is 8.67. The van der Waals surface area contributed by atoms with Crippen LogP contribution in [0.2, 0.25) is 0 Å².